The summed E-state index contributed by atoms with van der Waals surface area (Å²) in [5.74, 6) is -1.21. The van der Waals surface area contributed by atoms with Gasteiger partial charge in [0.15, 0.2) is 0 Å². The lowest BCUT2D eigenvalue weighted by atomic mass is 9.98. The molecule has 2 aromatic rings. The van der Waals surface area contributed by atoms with E-state index in [1.807, 2.05) is 6.07 Å². The maximum Gasteiger partial charge on any atom is 0.232 e. The average molecular weight is 373 g/mol. The number of nitrogens with zero attached hydrogens (tertiary/aromatic N) is 2. The fourth-order valence-corrected chi connectivity index (χ4v) is 4.06. The van der Waals surface area contributed by atoms with Gasteiger partial charge < -0.3 is 9.80 Å². The Hall–Kier alpha value is -2.40. The summed E-state index contributed by atoms with van der Waals surface area (Å²) in [6, 6.07) is 12.0. The fourth-order valence-electron chi connectivity index (χ4n) is 3.82. The number of hydrogen-bond donors (Lipinski definition) is 0. The largest absolute Gasteiger partial charge is 0.310 e. The number of halogens is 2. The molecule has 0 radical (unpaired) electrons. The first-order chi connectivity index (χ1) is 12.6. The zero-order valence-electron chi connectivity index (χ0n) is 14.1. The summed E-state index contributed by atoms with van der Waals surface area (Å²) < 4.78 is 14.4. The second kappa shape index (κ2) is 6.72. The summed E-state index contributed by atoms with van der Waals surface area (Å²) in [6.45, 7) is 0.741. The highest BCUT2D eigenvalue weighted by Crippen LogP contribution is 2.35. The molecule has 1 saturated heterocycles. The molecule has 0 spiro atoms. The molecular formula is C20H18ClFN2O2. The van der Waals surface area contributed by atoms with Gasteiger partial charge in [0.2, 0.25) is 11.8 Å². The van der Waals surface area contributed by atoms with Crippen LogP contribution in [0.2, 0.25) is 5.02 Å². The van der Waals surface area contributed by atoms with Gasteiger partial charge in [-0.15, -0.1) is 0 Å². The van der Waals surface area contributed by atoms with Crippen LogP contribution in [0.3, 0.4) is 0 Å². The van der Waals surface area contributed by atoms with Crippen LogP contribution in [0.5, 0.6) is 0 Å². The Balaban J connectivity index is 1.60. The van der Waals surface area contributed by atoms with Gasteiger partial charge in [-0.1, -0.05) is 35.9 Å². The summed E-state index contributed by atoms with van der Waals surface area (Å²) in [5, 5.41) is 0.475. The van der Waals surface area contributed by atoms with Crippen molar-refractivity contribution in [3.05, 3.63) is 58.9 Å². The first kappa shape index (κ1) is 17.0. The van der Waals surface area contributed by atoms with Crippen molar-refractivity contribution in [3.63, 3.8) is 0 Å². The first-order valence-electron chi connectivity index (χ1n) is 8.70. The van der Waals surface area contributed by atoms with Crippen LogP contribution in [-0.4, -0.2) is 24.9 Å². The van der Waals surface area contributed by atoms with Crippen LogP contribution in [0.25, 0.3) is 0 Å². The van der Waals surface area contributed by atoms with E-state index in [1.165, 1.54) is 11.0 Å². The third-order valence-electron chi connectivity index (χ3n) is 5.05. The summed E-state index contributed by atoms with van der Waals surface area (Å²) in [7, 11) is 0. The highest BCUT2D eigenvalue weighted by atomic mass is 35.5. The van der Waals surface area contributed by atoms with Crippen molar-refractivity contribution in [1.82, 2.24) is 0 Å². The predicted molar refractivity (Wildman–Crippen MR) is 99.0 cm³/mol. The molecule has 2 aliphatic rings. The molecular weight excluding hydrogens is 355 g/mol. The van der Waals surface area contributed by atoms with Crippen LogP contribution >= 0.6 is 11.6 Å². The lowest BCUT2D eigenvalue weighted by molar-refractivity contribution is -0.124. The molecule has 26 heavy (non-hydrogen) atoms. The van der Waals surface area contributed by atoms with Crippen LogP contribution in [0.1, 0.15) is 18.4 Å². The van der Waals surface area contributed by atoms with Crippen molar-refractivity contribution in [2.45, 2.75) is 19.3 Å². The molecule has 1 atom stereocenters. The van der Waals surface area contributed by atoms with Crippen LogP contribution in [0.4, 0.5) is 15.8 Å². The first-order valence-corrected chi connectivity index (χ1v) is 9.07. The molecule has 2 aliphatic heterocycles. The average Bonchev–Trinajstić information content (AvgIpc) is 3.03. The van der Waals surface area contributed by atoms with Crippen molar-refractivity contribution in [3.8, 4) is 0 Å². The molecule has 4 nitrogen and oxygen atoms in total. The Morgan fingerprint density at radius 3 is 2.77 bits per heavy atom. The number of amides is 2. The van der Waals surface area contributed by atoms with Gasteiger partial charge in [0.05, 0.1) is 22.3 Å². The summed E-state index contributed by atoms with van der Waals surface area (Å²) in [4.78, 5) is 28.6. The Morgan fingerprint density at radius 2 is 1.96 bits per heavy atom. The third kappa shape index (κ3) is 2.86. The molecule has 6 heteroatoms. The minimum Gasteiger partial charge on any atom is -0.310 e. The van der Waals surface area contributed by atoms with E-state index in [9.17, 15) is 14.0 Å². The number of anilines is 2. The molecule has 1 unspecified atom stereocenters. The lowest BCUT2D eigenvalue weighted by Gasteiger charge is -2.31. The quantitative estimate of drug-likeness (QED) is 0.804. The van der Waals surface area contributed by atoms with Crippen LogP contribution < -0.4 is 9.80 Å². The number of fused-ring (bicyclic) bond motifs is 1. The second-order valence-corrected chi connectivity index (χ2v) is 7.10. The molecule has 0 aromatic heterocycles. The molecule has 2 heterocycles. The number of rotatable bonds is 2. The van der Waals surface area contributed by atoms with E-state index in [2.05, 4.69) is 0 Å². The summed E-state index contributed by atoms with van der Waals surface area (Å²) in [5.41, 5.74) is 1.82. The van der Waals surface area contributed by atoms with Gasteiger partial charge in [0, 0.05) is 19.5 Å². The number of hydrogen-bond acceptors (Lipinski definition) is 2. The third-order valence-corrected chi connectivity index (χ3v) is 5.37. The van der Waals surface area contributed by atoms with Crippen molar-refractivity contribution < 1.29 is 14.0 Å². The van der Waals surface area contributed by atoms with Gasteiger partial charge in [-0.2, -0.15) is 0 Å². The zero-order valence-corrected chi connectivity index (χ0v) is 14.9. The van der Waals surface area contributed by atoms with Crippen LogP contribution in [0, 0.1) is 11.7 Å². The topological polar surface area (TPSA) is 40.6 Å². The van der Waals surface area contributed by atoms with Crippen molar-refractivity contribution in [1.29, 1.82) is 0 Å². The van der Waals surface area contributed by atoms with Gasteiger partial charge in [-0.3, -0.25) is 9.59 Å². The van der Waals surface area contributed by atoms with E-state index in [-0.39, 0.29) is 30.6 Å². The van der Waals surface area contributed by atoms with Gasteiger partial charge in [-0.25, -0.2) is 4.39 Å². The SMILES string of the molecule is O=C1CC(C(=O)N2CCCc3cccc(F)c32)CN1c1ccccc1Cl. The summed E-state index contributed by atoms with van der Waals surface area (Å²) >= 11 is 6.19. The number of para-hydroxylation sites is 2. The number of benzene rings is 2. The van der Waals surface area contributed by atoms with E-state index in [0.717, 1.165) is 18.4 Å². The van der Waals surface area contributed by atoms with Crippen LogP contribution in [-0.2, 0) is 16.0 Å². The number of aryl methyl sites for hydroxylation is 1. The molecule has 2 aromatic carbocycles. The maximum absolute atomic E-state index is 14.4. The van der Waals surface area contributed by atoms with E-state index >= 15 is 0 Å². The smallest absolute Gasteiger partial charge is 0.232 e. The van der Waals surface area contributed by atoms with Crippen LogP contribution in [0.15, 0.2) is 42.5 Å². The zero-order chi connectivity index (χ0) is 18.3. The Labute approximate surface area is 156 Å². The molecule has 4 rings (SSSR count). The number of carbonyl (C=O) groups is 2. The highest BCUT2D eigenvalue weighted by Gasteiger charge is 2.39. The van der Waals surface area contributed by atoms with Crippen molar-refractivity contribution in [2.24, 2.45) is 5.92 Å². The Kier molecular flexibility index (Phi) is 4.41. The fraction of sp³-hybridized carbons (Fsp3) is 0.300. The molecule has 2 amide bonds. The van der Waals surface area contributed by atoms with Gasteiger partial charge in [0.25, 0.3) is 0 Å². The minimum atomic E-state index is -0.496. The molecule has 134 valence electrons. The standard InChI is InChI=1S/C20H18ClFN2O2/c21-15-7-1-2-9-17(15)24-12-14(11-18(24)25)20(26)23-10-4-6-13-5-3-8-16(22)19(13)23/h1-3,5,7-9,14H,4,6,10-12H2. The van der Waals surface area contributed by atoms with Gasteiger partial charge >= 0.3 is 0 Å². The molecule has 0 bridgehead atoms. The van der Waals surface area contributed by atoms with Gasteiger partial charge in [-0.05, 0) is 36.6 Å². The van der Waals surface area contributed by atoms with Crippen molar-refractivity contribution >= 4 is 34.8 Å². The molecule has 0 N–H and O–H groups in total. The Morgan fingerprint density at radius 1 is 1.15 bits per heavy atom. The minimum absolute atomic E-state index is 0.115. The number of carbonyl (C=O) groups excluding carboxylic acids is 2. The predicted octanol–water partition coefficient (Wildman–Crippen LogP) is 3.81. The maximum atomic E-state index is 14.4. The molecule has 1 fully saturated rings. The molecule has 0 saturated carbocycles. The Bertz CT molecular complexity index is 886. The monoisotopic (exact) mass is 372 g/mol. The van der Waals surface area contributed by atoms with Gasteiger partial charge in [0.1, 0.15) is 5.82 Å². The second-order valence-electron chi connectivity index (χ2n) is 6.70. The normalized spacial score (nSPS) is 19.6. The summed E-state index contributed by atoms with van der Waals surface area (Å²) in [6.07, 6.45) is 1.66. The van der Waals surface area contributed by atoms with E-state index in [4.69, 9.17) is 11.6 Å². The highest BCUT2D eigenvalue weighted by molar-refractivity contribution is 6.34. The van der Waals surface area contributed by atoms with E-state index < -0.39 is 5.92 Å². The van der Waals surface area contributed by atoms with E-state index in [1.54, 1.807) is 35.2 Å². The lowest BCUT2D eigenvalue weighted by Crippen LogP contribution is -2.41. The van der Waals surface area contributed by atoms with E-state index in [0.29, 0.717) is 22.9 Å². The molecule has 0 aliphatic carbocycles. The van der Waals surface area contributed by atoms with Crippen molar-refractivity contribution in [2.75, 3.05) is 22.9 Å².